The zero-order valence-corrected chi connectivity index (χ0v) is 14.7. The molecule has 4 heterocycles. The average molecular weight is 362 g/mol. The van der Waals surface area contributed by atoms with Gasteiger partial charge in [0.15, 0.2) is 0 Å². The Hall–Kier alpha value is -3.19. The van der Waals surface area contributed by atoms with E-state index in [4.69, 9.17) is 4.42 Å². The van der Waals surface area contributed by atoms with E-state index in [9.17, 15) is 4.79 Å². The van der Waals surface area contributed by atoms with Gasteiger partial charge < -0.3 is 9.73 Å². The van der Waals surface area contributed by atoms with Crippen molar-refractivity contribution in [2.24, 2.45) is 0 Å². The van der Waals surface area contributed by atoms with Crippen molar-refractivity contribution in [2.45, 2.75) is 6.92 Å². The van der Waals surface area contributed by atoms with Crippen LogP contribution in [-0.4, -0.2) is 21.1 Å². The number of rotatable bonds is 3. The first-order valence-corrected chi connectivity index (χ1v) is 9.08. The molecule has 0 bridgehead atoms. The van der Waals surface area contributed by atoms with Crippen LogP contribution >= 0.6 is 11.3 Å². The summed E-state index contributed by atoms with van der Waals surface area (Å²) in [6, 6.07) is 9.43. The summed E-state index contributed by atoms with van der Waals surface area (Å²) in [7, 11) is 0. The van der Waals surface area contributed by atoms with E-state index in [2.05, 4.69) is 15.3 Å². The molecule has 0 unspecified atom stereocenters. The van der Waals surface area contributed by atoms with Crippen molar-refractivity contribution in [2.75, 3.05) is 11.9 Å². The minimum Gasteiger partial charge on any atom is -0.464 e. The third kappa shape index (κ3) is 2.14. The largest absolute Gasteiger partial charge is 0.464 e. The number of hydrogen-bond acceptors (Lipinski definition) is 6. The van der Waals surface area contributed by atoms with Crippen LogP contribution < -0.4 is 10.9 Å². The summed E-state index contributed by atoms with van der Waals surface area (Å²) in [5.41, 5.74) is 3.10. The molecule has 1 N–H and O–H groups in total. The van der Waals surface area contributed by atoms with Crippen molar-refractivity contribution in [3.63, 3.8) is 0 Å². The van der Waals surface area contributed by atoms with Crippen molar-refractivity contribution in [3.05, 3.63) is 59.5 Å². The van der Waals surface area contributed by atoms with Crippen LogP contribution in [0, 0.1) is 0 Å². The highest BCUT2D eigenvalue weighted by Crippen LogP contribution is 2.34. The van der Waals surface area contributed by atoms with Gasteiger partial charge in [-0.15, -0.1) is 11.3 Å². The average Bonchev–Trinajstić information content (AvgIpc) is 3.27. The summed E-state index contributed by atoms with van der Waals surface area (Å²) in [5, 5.41) is 5.17. The molecule has 5 rings (SSSR count). The molecule has 0 aliphatic heterocycles. The molecule has 0 amide bonds. The van der Waals surface area contributed by atoms with Crippen molar-refractivity contribution in [1.29, 1.82) is 0 Å². The van der Waals surface area contributed by atoms with Crippen LogP contribution in [0.4, 0.5) is 5.69 Å². The Labute approximate surface area is 151 Å². The number of furan rings is 1. The molecule has 128 valence electrons. The van der Waals surface area contributed by atoms with Gasteiger partial charge in [0, 0.05) is 23.8 Å². The third-order valence-electron chi connectivity index (χ3n) is 4.36. The zero-order chi connectivity index (χ0) is 17.7. The number of nitrogens with one attached hydrogen (secondary N) is 1. The molecule has 4 aromatic heterocycles. The molecule has 0 aliphatic rings. The van der Waals surface area contributed by atoms with E-state index in [1.54, 1.807) is 23.4 Å². The van der Waals surface area contributed by atoms with Crippen LogP contribution in [0.5, 0.6) is 0 Å². The first-order valence-electron chi connectivity index (χ1n) is 8.26. The Bertz CT molecular complexity index is 1330. The standard InChI is InChI=1S/C19H14N4O2S/c1-2-20-13-5-7-21-18-15(13)16-17(26-18)19(24)23(10-22-16)12-3-4-14-11(9-12)6-8-25-14/h3-10H,2H2,1H3,(H,20,21). The topological polar surface area (TPSA) is 73.0 Å². The van der Waals surface area contributed by atoms with Crippen molar-refractivity contribution in [3.8, 4) is 5.69 Å². The van der Waals surface area contributed by atoms with Gasteiger partial charge in [-0.2, -0.15) is 0 Å². The Morgan fingerprint density at radius 2 is 2.15 bits per heavy atom. The highest BCUT2D eigenvalue weighted by atomic mass is 32.1. The Morgan fingerprint density at radius 1 is 1.23 bits per heavy atom. The Kier molecular flexibility index (Phi) is 3.29. The lowest BCUT2D eigenvalue weighted by molar-refractivity contribution is 0.616. The molecule has 0 fully saturated rings. The fraction of sp³-hybridized carbons (Fsp3) is 0.105. The van der Waals surface area contributed by atoms with Gasteiger partial charge >= 0.3 is 0 Å². The molecule has 0 atom stereocenters. The smallest absolute Gasteiger partial charge is 0.275 e. The molecular formula is C19H14N4O2S. The highest BCUT2D eigenvalue weighted by Gasteiger charge is 2.16. The van der Waals surface area contributed by atoms with Gasteiger partial charge in [0.05, 0.1) is 22.9 Å². The number of fused-ring (bicyclic) bond motifs is 4. The van der Waals surface area contributed by atoms with E-state index in [0.29, 0.717) is 10.2 Å². The van der Waals surface area contributed by atoms with Gasteiger partial charge in [-0.25, -0.2) is 9.97 Å². The minimum atomic E-state index is -0.0942. The normalized spacial score (nSPS) is 11.6. The number of anilines is 1. The van der Waals surface area contributed by atoms with Crippen LogP contribution in [0.2, 0.25) is 0 Å². The van der Waals surface area contributed by atoms with E-state index < -0.39 is 0 Å². The monoisotopic (exact) mass is 362 g/mol. The van der Waals surface area contributed by atoms with E-state index >= 15 is 0 Å². The molecule has 0 saturated carbocycles. The lowest BCUT2D eigenvalue weighted by Gasteiger charge is -2.06. The van der Waals surface area contributed by atoms with E-state index in [0.717, 1.165) is 39.1 Å². The number of benzene rings is 1. The summed E-state index contributed by atoms with van der Waals surface area (Å²) in [6.07, 6.45) is 4.97. The maximum absolute atomic E-state index is 13.1. The van der Waals surface area contributed by atoms with Crippen molar-refractivity contribution < 1.29 is 4.42 Å². The summed E-state index contributed by atoms with van der Waals surface area (Å²) in [6.45, 7) is 2.82. The fourth-order valence-electron chi connectivity index (χ4n) is 3.18. The van der Waals surface area contributed by atoms with Gasteiger partial charge in [-0.1, -0.05) is 0 Å². The second-order valence-electron chi connectivity index (χ2n) is 5.91. The number of pyridine rings is 1. The zero-order valence-electron chi connectivity index (χ0n) is 13.9. The minimum absolute atomic E-state index is 0.0942. The number of thiophene rings is 1. The van der Waals surface area contributed by atoms with Gasteiger partial charge in [0.2, 0.25) is 0 Å². The van der Waals surface area contributed by atoms with Crippen LogP contribution in [-0.2, 0) is 0 Å². The number of aromatic nitrogens is 3. The van der Waals surface area contributed by atoms with Crippen molar-refractivity contribution in [1.82, 2.24) is 14.5 Å². The van der Waals surface area contributed by atoms with Gasteiger partial charge in [0.1, 0.15) is 21.4 Å². The Balaban J connectivity index is 1.78. The fourth-order valence-corrected chi connectivity index (χ4v) is 4.23. The molecular weight excluding hydrogens is 348 g/mol. The maximum Gasteiger partial charge on any atom is 0.275 e. The van der Waals surface area contributed by atoms with E-state index in [-0.39, 0.29) is 5.56 Å². The first-order chi connectivity index (χ1) is 12.8. The highest BCUT2D eigenvalue weighted by molar-refractivity contribution is 7.25. The second kappa shape index (κ2) is 5.67. The summed E-state index contributed by atoms with van der Waals surface area (Å²) >= 11 is 1.38. The number of nitrogens with zero attached hydrogens (tertiary/aromatic N) is 3. The number of hydrogen-bond donors (Lipinski definition) is 1. The molecule has 1 aromatic carbocycles. The molecule has 0 saturated heterocycles. The third-order valence-corrected chi connectivity index (χ3v) is 5.44. The Morgan fingerprint density at radius 3 is 3.04 bits per heavy atom. The molecule has 5 aromatic rings. The second-order valence-corrected chi connectivity index (χ2v) is 6.91. The predicted octanol–water partition coefficient (Wildman–Crippen LogP) is 4.17. The van der Waals surface area contributed by atoms with E-state index in [1.807, 2.05) is 37.3 Å². The molecule has 26 heavy (non-hydrogen) atoms. The van der Waals surface area contributed by atoms with Gasteiger partial charge in [0.25, 0.3) is 5.56 Å². The first kappa shape index (κ1) is 15.1. The van der Waals surface area contributed by atoms with Crippen LogP contribution in [0.15, 0.2) is 58.3 Å². The lowest BCUT2D eigenvalue weighted by atomic mass is 10.2. The summed E-state index contributed by atoms with van der Waals surface area (Å²) in [4.78, 5) is 22.9. The molecule has 0 radical (unpaired) electrons. The van der Waals surface area contributed by atoms with E-state index in [1.165, 1.54) is 11.3 Å². The molecule has 6 nitrogen and oxygen atoms in total. The van der Waals surface area contributed by atoms with Crippen LogP contribution in [0.1, 0.15) is 6.92 Å². The molecule has 0 spiro atoms. The lowest BCUT2D eigenvalue weighted by Crippen LogP contribution is -2.17. The van der Waals surface area contributed by atoms with Gasteiger partial charge in [-0.05, 0) is 37.3 Å². The predicted molar refractivity (Wildman–Crippen MR) is 104 cm³/mol. The van der Waals surface area contributed by atoms with Crippen molar-refractivity contribution >= 4 is 48.4 Å². The SMILES string of the molecule is CCNc1ccnc2sc3c(=O)n(-c4ccc5occc5c4)cnc3c12. The molecule has 7 heteroatoms. The maximum atomic E-state index is 13.1. The van der Waals surface area contributed by atoms with Crippen LogP contribution in [0.3, 0.4) is 0 Å². The van der Waals surface area contributed by atoms with Gasteiger partial charge in [-0.3, -0.25) is 9.36 Å². The summed E-state index contributed by atoms with van der Waals surface area (Å²) < 4.78 is 7.54. The van der Waals surface area contributed by atoms with Crippen LogP contribution in [0.25, 0.3) is 37.1 Å². The summed E-state index contributed by atoms with van der Waals surface area (Å²) in [5.74, 6) is 0. The quantitative estimate of drug-likeness (QED) is 0.521. The molecule has 0 aliphatic carbocycles.